The van der Waals surface area contributed by atoms with Gasteiger partial charge in [0.25, 0.3) is 0 Å². The minimum atomic E-state index is -0.900. The lowest BCUT2D eigenvalue weighted by atomic mass is 9.84. The molecule has 2 fully saturated rings. The van der Waals surface area contributed by atoms with Gasteiger partial charge in [-0.1, -0.05) is 119 Å². The smallest absolute Gasteiger partial charge is 0.246 e. The van der Waals surface area contributed by atoms with E-state index in [1.165, 1.54) is 9.80 Å². The van der Waals surface area contributed by atoms with E-state index in [1.54, 1.807) is 35.6 Å². The topological polar surface area (TPSA) is 231 Å². The van der Waals surface area contributed by atoms with Gasteiger partial charge in [0.15, 0.2) is 5.78 Å². The van der Waals surface area contributed by atoms with Crippen molar-refractivity contribution in [1.29, 1.82) is 5.26 Å². The van der Waals surface area contributed by atoms with Crippen LogP contribution in [0.3, 0.4) is 0 Å². The van der Waals surface area contributed by atoms with Crippen LogP contribution in [-0.4, -0.2) is 104 Å². The lowest BCUT2D eigenvalue weighted by Crippen LogP contribution is -2.58. The van der Waals surface area contributed by atoms with Crippen molar-refractivity contribution in [3.8, 4) is 16.5 Å². The number of rotatable bonds is 13. The zero-order valence-electron chi connectivity index (χ0n) is 44.1. The first-order chi connectivity index (χ1) is 32.8. The van der Waals surface area contributed by atoms with Crippen molar-refractivity contribution in [1.82, 2.24) is 36.1 Å². The largest absolute Gasteiger partial charge is 0.391 e. The van der Waals surface area contributed by atoms with Crippen LogP contribution in [0.5, 0.6) is 0 Å². The maximum absolute atomic E-state index is 13.6. The Morgan fingerprint density at radius 1 is 0.761 bits per heavy atom. The summed E-state index contributed by atoms with van der Waals surface area (Å²) in [4.78, 5) is 99.1. The van der Waals surface area contributed by atoms with Gasteiger partial charge in [0.05, 0.1) is 46.4 Å². The number of hydrogen-bond acceptors (Lipinski definition) is 11. The Hall–Kier alpha value is -5.99. The summed E-state index contributed by atoms with van der Waals surface area (Å²) in [6.07, 6.45) is -0.201. The number of ketones is 1. The molecule has 2 aromatic carbocycles. The molecule has 17 heteroatoms. The number of aryl methyl sites for hydroxylation is 1. The standard InChI is InChI=1S/C28H38N4O4S.C26H38N4O4/c1-17-23(37-16-30-17)19-10-8-18(9-11-19)14-29-25(35)21-12-20(33)15-32(21)26(36)24(28(5,6)7)31-22(34)13-27(2,3)4;1-16(18-10-8-17(14-27)9-11-18)28-23(33)20-12-19(31)15-30(20)24(34)22(26(5,6)7)29-21(32)13-25(2,3)4/h8-11,16,21,24H,12-15H2,1-7H3,(H,29,35)(H,31,34);8-11,16,19-20,22,31H,12-13,15H2,1-7H3,(H,28,33)(H,29,32). The zero-order chi connectivity index (χ0) is 53.4. The molecule has 0 aliphatic carbocycles. The summed E-state index contributed by atoms with van der Waals surface area (Å²) < 4.78 is 0. The molecule has 3 aromatic rings. The summed E-state index contributed by atoms with van der Waals surface area (Å²) in [5.74, 6) is -2.17. The monoisotopic (exact) mass is 997 g/mol. The highest BCUT2D eigenvalue weighted by molar-refractivity contribution is 7.13. The van der Waals surface area contributed by atoms with Crippen molar-refractivity contribution in [2.75, 3.05) is 13.1 Å². The second kappa shape index (κ2) is 23.5. The number of carbonyl (C=O) groups excluding carboxylic acids is 7. The average molecular weight is 997 g/mol. The molecule has 6 atom stereocenters. The van der Waals surface area contributed by atoms with E-state index in [-0.39, 0.29) is 97.5 Å². The van der Waals surface area contributed by atoms with Crippen molar-refractivity contribution in [3.05, 3.63) is 76.4 Å². The van der Waals surface area contributed by atoms with Gasteiger partial charge in [-0.2, -0.15) is 5.26 Å². The van der Waals surface area contributed by atoms with Crippen LogP contribution >= 0.6 is 11.3 Å². The third-order valence-corrected chi connectivity index (χ3v) is 13.1. The summed E-state index contributed by atoms with van der Waals surface area (Å²) in [6.45, 7) is 26.8. The van der Waals surface area contributed by atoms with Gasteiger partial charge in [0.1, 0.15) is 24.2 Å². The van der Waals surface area contributed by atoms with E-state index in [4.69, 9.17) is 5.26 Å². The molecule has 6 unspecified atom stereocenters. The van der Waals surface area contributed by atoms with E-state index in [2.05, 4.69) is 32.3 Å². The van der Waals surface area contributed by atoms with Gasteiger partial charge in [-0.05, 0) is 64.3 Å². The lowest BCUT2D eigenvalue weighted by molar-refractivity contribution is -0.144. The van der Waals surface area contributed by atoms with Crippen molar-refractivity contribution < 1.29 is 38.7 Å². The first-order valence-electron chi connectivity index (χ1n) is 24.2. The number of amides is 6. The molecular weight excluding hydrogens is 921 g/mol. The Labute approximate surface area is 424 Å². The minimum absolute atomic E-state index is 0.0316. The van der Waals surface area contributed by atoms with Crippen LogP contribution in [0.25, 0.3) is 10.4 Å². The number of aliphatic hydroxyl groups excluding tert-OH is 1. The molecule has 2 aliphatic rings. The van der Waals surface area contributed by atoms with E-state index >= 15 is 0 Å². The predicted molar refractivity (Wildman–Crippen MR) is 274 cm³/mol. The van der Waals surface area contributed by atoms with Crippen LogP contribution in [0.1, 0.15) is 144 Å². The number of hydrogen-bond donors (Lipinski definition) is 5. The number of nitrogens with zero attached hydrogens (tertiary/aromatic N) is 4. The fourth-order valence-corrected chi connectivity index (χ4v) is 9.19. The number of β-amino-alcohol motifs (C(OH)–C–C–N with tert-alkyl or cyclic N) is 1. The summed E-state index contributed by atoms with van der Waals surface area (Å²) in [5, 5.41) is 30.8. The quantitative estimate of drug-likeness (QED) is 0.124. The van der Waals surface area contributed by atoms with Gasteiger partial charge in [-0.25, -0.2) is 4.98 Å². The first kappa shape index (κ1) is 57.6. The fourth-order valence-electron chi connectivity index (χ4n) is 8.38. The van der Waals surface area contributed by atoms with E-state index in [1.807, 2.05) is 127 Å². The highest BCUT2D eigenvalue weighted by Crippen LogP contribution is 2.30. The second-order valence-electron chi connectivity index (χ2n) is 23.5. The molecule has 5 N–H and O–H groups in total. The molecule has 2 aliphatic heterocycles. The number of aliphatic hydroxyl groups is 1. The highest BCUT2D eigenvalue weighted by Gasteiger charge is 2.46. The lowest BCUT2D eigenvalue weighted by Gasteiger charge is -2.36. The molecule has 0 bridgehead atoms. The number of aromatic nitrogens is 1. The summed E-state index contributed by atoms with van der Waals surface area (Å²) in [6, 6.07) is 13.1. The normalized spacial score (nSPS) is 18.6. The van der Waals surface area contributed by atoms with Crippen molar-refractivity contribution in [2.24, 2.45) is 21.7 Å². The van der Waals surface area contributed by atoms with Crippen LogP contribution in [0, 0.1) is 39.9 Å². The maximum atomic E-state index is 13.6. The summed E-state index contributed by atoms with van der Waals surface area (Å²) in [5.41, 5.74) is 4.45. The first-order valence-corrected chi connectivity index (χ1v) is 25.1. The zero-order valence-corrected chi connectivity index (χ0v) is 44.9. The maximum Gasteiger partial charge on any atom is 0.246 e. The highest BCUT2D eigenvalue weighted by atomic mass is 32.1. The Balaban J connectivity index is 0.000000310. The third-order valence-electron chi connectivity index (χ3n) is 12.1. The van der Waals surface area contributed by atoms with E-state index in [0.29, 0.717) is 5.56 Å². The Morgan fingerprint density at radius 3 is 1.75 bits per heavy atom. The molecule has 386 valence electrons. The van der Waals surface area contributed by atoms with Gasteiger partial charge in [-0.15, -0.1) is 11.3 Å². The van der Waals surface area contributed by atoms with Gasteiger partial charge in [0, 0.05) is 38.8 Å². The molecule has 71 heavy (non-hydrogen) atoms. The molecule has 0 saturated carbocycles. The van der Waals surface area contributed by atoms with Crippen molar-refractivity contribution >= 4 is 52.6 Å². The molecule has 0 radical (unpaired) electrons. The van der Waals surface area contributed by atoms with Crippen LogP contribution in [-0.2, 0) is 40.1 Å². The Morgan fingerprint density at radius 2 is 1.28 bits per heavy atom. The Bertz CT molecular complexity index is 2430. The summed E-state index contributed by atoms with van der Waals surface area (Å²) >= 11 is 1.58. The number of nitrogens with one attached hydrogen (secondary N) is 4. The number of Topliss-reactive ketones (excluding diaryl/α,β-unsaturated/α-hetero) is 1. The van der Waals surface area contributed by atoms with E-state index < -0.39 is 47.0 Å². The fraction of sp³-hybridized carbons (Fsp3) is 0.574. The van der Waals surface area contributed by atoms with E-state index in [9.17, 15) is 38.7 Å². The van der Waals surface area contributed by atoms with Gasteiger partial charge in [-0.3, -0.25) is 33.6 Å². The van der Waals surface area contributed by atoms with Crippen molar-refractivity contribution in [2.45, 2.75) is 165 Å². The number of benzene rings is 2. The average Bonchev–Trinajstić information content (AvgIpc) is 3.99. The molecule has 3 heterocycles. The number of carbonyl (C=O) groups is 7. The predicted octanol–water partition coefficient (Wildman–Crippen LogP) is 6.54. The second-order valence-corrected chi connectivity index (χ2v) is 24.3. The SMILES string of the molecule is CC(NC(=O)C1CC(O)CN1C(=O)C(NC(=O)CC(C)(C)C)C(C)(C)C)c1ccc(C#N)cc1.Cc1ncsc1-c1ccc(CNC(=O)C2CC(=O)CN2C(=O)C(NC(=O)CC(C)(C)C)C(C)(C)C)cc1. The van der Waals surface area contributed by atoms with Crippen LogP contribution < -0.4 is 21.3 Å². The third kappa shape index (κ3) is 16.8. The molecule has 5 rings (SSSR count). The number of nitriles is 1. The van der Waals surface area contributed by atoms with Crippen LogP contribution in [0.4, 0.5) is 0 Å². The van der Waals surface area contributed by atoms with Crippen LogP contribution in [0.15, 0.2) is 54.0 Å². The number of thiazole rings is 1. The van der Waals surface area contributed by atoms with Gasteiger partial charge >= 0.3 is 0 Å². The van der Waals surface area contributed by atoms with E-state index in [0.717, 1.165) is 27.3 Å². The Kier molecular flexibility index (Phi) is 19.1. The molecular formula is C54H76N8O8S. The molecule has 0 spiro atoms. The van der Waals surface area contributed by atoms with Crippen molar-refractivity contribution in [3.63, 3.8) is 0 Å². The van der Waals surface area contributed by atoms with Gasteiger partial charge in [0.2, 0.25) is 35.4 Å². The number of likely N-dealkylation sites (tertiary alicyclic amines) is 2. The molecule has 2 saturated heterocycles. The van der Waals surface area contributed by atoms with Gasteiger partial charge < -0.3 is 36.2 Å². The summed E-state index contributed by atoms with van der Waals surface area (Å²) in [7, 11) is 0. The molecule has 1 aromatic heterocycles. The molecule has 16 nitrogen and oxygen atoms in total. The van der Waals surface area contributed by atoms with Crippen LogP contribution in [0.2, 0.25) is 0 Å². The minimum Gasteiger partial charge on any atom is -0.391 e. The molecule has 6 amide bonds.